The monoisotopic (exact) mass is 273 g/mol. The number of anilines is 1. The number of fused-ring (bicyclic) bond motifs is 1. The van der Waals surface area contributed by atoms with Gasteiger partial charge in [0.25, 0.3) is 0 Å². The molecule has 2 nitrogen and oxygen atoms in total. The molecule has 0 saturated heterocycles. The summed E-state index contributed by atoms with van der Waals surface area (Å²) in [4.78, 5) is 0. The lowest BCUT2D eigenvalue weighted by Gasteiger charge is -2.07. The molecule has 0 bridgehead atoms. The van der Waals surface area contributed by atoms with Gasteiger partial charge in [-0.25, -0.2) is 4.39 Å². The summed E-state index contributed by atoms with van der Waals surface area (Å²) in [5.41, 5.74) is 7.69. The first-order valence-corrected chi connectivity index (χ1v) is 6.75. The van der Waals surface area contributed by atoms with E-state index in [0.29, 0.717) is 6.61 Å². The summed E-state index contributed by atoms with van der Waals surface area (Å²) in [6, 6.07) is 12.2. The molecule has 0 aliphatic heterocycles. The second-order valence-electron chi connectivity index (χ2n) is 4.20. The zero-order valence-electron chi connectivity index (χ0n) is 10.1. The Bertz CT molecular complexity index is 723. The predicted octanol–water partition coefficient (Wildman–Crippen LogP) is 4.20. The molecule has 0 amide bonds. The van der Waals surface area contributed by atoms with Crippen molar-refractivity contribution in [3.63, 3.8) is 0 Å². The Morgan fingerprint density at radius 3 is 2.79 bits per heavy atom. The number of para-hydroxylation sites is 1. The van der Waals surface area contributed by atoms with E-state index in [4.69, 9.17) is 10.5 Å². The molecular weight excluding hydrogens is 261 g/mol. The third-order valence-corrected chi connectivity index (χ3v) is 3.92. The Morgan fingerprint density at radius 1 is 1.11 bits per heavy atom. The molecule has 0 saturated carbocycles. The van der Waals surface area contributed by atoms with Crippen LogP contribution in [-0.2, 0) is 6.61 Å². The van der Waals surface area contributed by atoms with Gasteiger partial charge in [0.05, 0.1) is 0 Å². The third kappa shape index (κ3) is 2.27. The smallest absolute Gasteiger partial charge is 0.165 e. The summed E-state index contributed by atoms with van der Waals surface area (Å²) in [5, 5.41) is 3.01. The highest BCUT2D eigenvalue weighted by Crippen LogP contribution is 2.31. The lowest BCUT2D eigenvalue weighted by atomic mass is 10.1. The number of hydrogen-bond donors (Lipinski definition) is 1. The Kier molecular flexibility index (Phi) is 3.09. The van der Waals surface area contributed by atoms with Gasteiger partial charge in [-0.1, -0.05) is 18.2 Å². The second kappa shape index (κ2) is 4.90. The van der Waals surface area contributed by atoms with Crippen LogP contribution < -0.4 is 10.5 Å². The van der Waals surface area contributed by atoms with Crippen molar-refractivity contribution < 1.29 is 9.13 Å². The highest BCUT2D eigenvalue weighted by atomic mass is 32.1. The number of nitrogen functional groups attached to an aromatic ring is 1. The van der Waals surface area contributed by atoms with Gasteiger partial charge in [-0.2, -0.15) is 0 Å². The average Bonchev–Trinajstić information content (AvgIpc) is 2.83. The maximum absolute atomic E-state index is 13.5. The van der Waals surface area contributed by atoms with Crippen molar-refractivity contribution in [3.05, 3.63) is 59.2 Å². The lowest BCUT2D eigenvalue weighted by Crippen LogP contribution is -1.97. The van der Waals surface area contributed by atoms with E-state index < -0.39 is 0 Å². The van der Waals surface area contributed by atoms with Gasteiger partial charge in [0.2, 0.25) is 0 Å². The van der Waals surface area contributed by atoms with Crippen molar-refractivity contribution in [1.29, 1.82) is 0 Å². The van der Waals surface area contributed by atoms with Crippen molar-refractivity contribution in [2.75, 3.05) is 5.73 Å². The van der Waals surface area contributed by atoms with Crippen LogP contribution in [0.2, 0.25) is 0 Å². The number of benzene rings is 2. The quantitative estimate of drug-likeness (QED) is 0.726. The highest BCUT2D eigenvalue weighted by Gasteiger charge is 2.09. The molecular formula is C15H12FNOS. The van der Waals surface area contributed by atoms with Crippen LogP contribution >= 0.6 is 11.3 Å². The number of rotatable bonds is 3. The molecule has 0 radical (unpaired) electrons. The van der Waals surface area contributed by atoms with Gasteiger partial charge in [0, 0.05) is 21.3 Å². The topological polar surface area (TPSA) is 35.2 Å². The van der Waals surface area contributed by atoms with Crippen LogP contribution in [0.1, 0.15) is 5.56 Å². The minimum atomic E-state index is -0.352. The van der Waals surface area contributed by atoms with Crippen LogP contribution in [0, 0.1) is 5.82 Å². The Hall–Kier alpha value is -2.07. The normalized spacial score (nSPS) is 10.8. The Morgan fingerprint density at radius 2 is 1.95 bits per heavy atom. The lowest BCUT2D eigenvalue weighted by molar-refractivity contribution is 0.292. The number of thiophene rings is 1. The standard InChI is InChI=1S/C15H12FNOS/c16-11-4-1-2-6-13(11)18-8-10-9-19-14-7-3-5-12(17)15(10)14/h1-7,9H,8,17H2. The molecule has 0 aliphatic rings. The fraction of sp³-hybridized carbons (Fsp3) is 0.0667. The molecule has 4 heteroatoms. The minimum absolute atomic E-state index is 0.261. The van der Waals surface area contributed by atoms with Gasteiger partial charge in [-0.15, -0.1) is 11.3 Å². The van der Waals surface area contributed by atoms with Gasteiger partial charge in [-0.3, -0.25) is 0 Å². The van der Waals surface area contributed by atoms with E-state index in [1.807, 2.05) is 23.6 Å². The van der Waals surface area contributed by atoms with E-state index >= 15 is 0 Å². The van der Waals surface area contributed by atoms with Crippen LogP contribution in [0.25, 0.3) is 10.1 Å². The van der Waals surface area contributed by atoms with Gasteiger partial charge in [0.1, 0.15) is 6.61 Å². The van der Waals surface area contributed by atoms with Crippen LogP contribution in [0.4, 0.5) is 10.1 Å². The Labute approximate surface area is 114 Å². The van der Waals surface area contributed by atoms with E-state index in [1.165, 1.54) is 6.07 Å². The summed E-state index contributed by atoms with van der Waals surface area (Å²) in [6.07, 6.45) is 0. The second-order valence-corrected chi connectivity index (χ2v) is 5.11. The minimum Gasteiger partial charge on any atom is -0.486 e. The number of ether oxygens (including phenoxy) is 1. The van der Waals surface area contributed by atoms with E-state index in [-0.39, 0.29) is 11.6 Å². The predicted molar refractivity (Wildman–Crippen MR) is 77.0 cm³/mol. The van der Waals surface area contributed by atoms with E-state index in [1.54, 1.807) is 29.5 Å². The zero-order valence-corrected chi connectivity index (χ0v) is 10.9. The molecule has 1 aromatic heterocycles. The number of halogens is 1. The van der Waals surface area contributed by atoms with Crippen molar-refractivity contribution in [1.82, 2.24) is 0 Å². The first kappa shape index (κ1) is 12.0. The molecule has 19 heavy (non-hydrogen) atoms. The summed E-state index contributed by atoms with van der Waals surface area (Å²) in [5.74, 6) is -0.0913. The molecule has 3 rings (SSSR count). The summed E-state index contributed by atoms with van der Waals surface area (Å²) in [6.45, 7) is 0.315. The van der Waals surface area contributed by atoms with Crippen LogP contribution in [-0.4, -0.2) is 0 Å². The summed E-state index contributed by atoms with van der Waals surface area (Å²) < 4.78 is 20.1. The zero-order chi connectivity index (χ0) is 13.2. The molecule has 2 aromatic carbocycles. The van der Waals surface area contributed by atoms with Crippen molar-refractivity contribution in [2.24, 2.45) is 0 Å². The fourth-order valence-corrected chi connectivity index (χ4v) is 2.99. The molecule has 0 aliphatic carbocycles. The largest absolute Gasteiger partial charge is 0.486 e. The molecule has 1 heterocycles. The fourth-order valence-electron chi connectivity index (χ4n) is 2.01. The van der Waals surface area contributed by atoms with Crippen molar-refractivity contribution in [2.45, 2.75) is 6.61 Å². The average molecular weight is 273 g/mol. The third-order valence-electron chi connectivity index (χ3n) is 2.93. The SMILES string of the molecule is Nc1cccc2scc(COc3ccccc3F)c12. The van der Waals surface area contributed by atoms with E-state index in [9.17, 15) is 4.39 Å². The molecule has 96 valence electrons. The van der Waals surface area contributed by atoms with Crippen LogP contribution in [0.15, 0.2) is 47.8 Å². The molecule has 0 atom stereocenters. The maximum Gasteiger partial charge on any atom is 0.165 e. The molecule has 3 aromatic rings. The van der Waals surface area contributed by atoms with Crippen molar-refractivity contribution >= 4 is 27.1 Å². The molecule has 0 fully saturated rings. The van der Waals surface area contributed by atoms with Gasteiger partial charge in [0.15, 0.2) is 11.6 Å². The van der Waals surface area contributed by atoms with Gasteiger partial charge in [-0.05, 0) is 29.6 Å². The van der Waals surface area contributed by atoms with Crippen LogP contribution in [0.3, 0.4) is 0 Å². The molecule has 2 N–H and O–H groups in total. The first-order valence-electron chi connectivity index (χ1n) is 5.87. The summed E-state index contributed by atoms with van der Waals surface area (Å²) in [7, 11) is 0. The van der Waals surface area contributed by atoms with Crippen LogP contribution in [0.5, 0.6) is 5.75 Å². The van der Waals surface area contributed by atoms with Gasteiger partial charge < -0.3 is 10.5 Å². The number of hydrogen-bond acceptors (Lipinski definition) is 3. The first-order chi connectivity index (χ1) is 9.25. The highest BCUT2D eigenvalue weighted by molar-refractivity contribution is 7.17. The maximum atomic E-state index is 13.5. The molecule has 0 unspecified atom stereocenters. The summed E-state index contributed by atoms with van der Waals surface area (Å²) >= 11 is 1.61. The van der Waals surface area contributed by atoms with E-state index in [0.717, 1.165) is 21.3 Å². The Balaban J connectivity index is 1.89. The van der Waals surface area contributed by atoms with Gasteiger partial charge >= 0.3 is 0 Å². The molecule has 0 spiro atoms. The van der Waals surface area contributed by atoms with Crippen molar-refractivity contribution in [3.8, 4) is 5.75 Å². The number of nitrogens with two attached hydrogens (primary N) is 1. The van der Waals surface area contributed by atoms with E-state index in [2.05, 4.69) is 0 Å².